The molecule has 0 aliphatic rings. The standard InChI is InChI=1S/C25H28O6/c26-11-1-2-21(27)15-23(29)8-4-17-5-10-24(30)25(13-17)31-16-18-3-6-20-14-22(28)9-7-19(20)12-18/h3,5-7,9-10,12-14,21,26-28,30H,1-2,4,8,11,15-16H2. The molecule has 0 fully saturated rings. The van der Waals surface area contributed by atoms with Crippen molar-refractivity contribution in [3.05, 3.63) is 65.7 Å². The number of carbonyl (C=O) groups is 1. The fraction of sp³-hybridized carbons (Fsp3) is 0.320. The zero-order valence-electron chi connectivity index (χ0n) is 17.3. The molecule has 0 heterocycles. The molecule has 0 saturated heterocycles. The Balaban J connectivity index is 1.57. The molecule has 31 heavy (non-hydrogen) atoms. The Morgan fingerprint density at radius 2 is 1.68 bits per heavy atom. The van der Waals surface area contributed by atoms with Gasteiger partial charge in [-0.15, -0.1) is 0 Å². The van der Waals surface area contributed by atoms with E-state index in [-0.39, 0.29) is 43.3 Å². The fourth-order valence-corrected chi connectivity index (χ4v) is 3.44. The summed E-state index contributed by atoms with van der Waals surface area (Å²) in [6.45, 7) is 0.272. The lowest BCUT2D eigenvalue weighted by Gasteiger charge is -2.11. The number of Topliss-reactive ketones (excluding diaryl/α,β-unsaturated/α-hetero) is 1. The van der Waals surface area contributed by atoms with Crippen LogP contribution in [0, 0.1) is 0 Å². The van der Waals surface area contributed by atoms with Gasteiger partial charge >= 0.3 is 0 Å². The molecule has 0 aromatic heterocycles. The Morgan fingerprint density at radius 3 is 2.48 bits per heavy atom. The Labute approximate surface area is 181 Å². The van der Waals surface area contributed by atoms with Crippen molar-refractivity contribution in [2.75, 3.05) is 6.61 Å². The summed E-state index contributed by atoms with van der Waals surface area (Å²) in [5.74, 6) is 0.554. The van der Waals surface area contributed by atoms with E-state index < -0.39 is 6.10 Å². The van der Waals surface area contributed by atoms with E-state index in [4.69, 9.17) is 9.84 Å². The van der Waals surface area contributed by atoms with E-state index in [1.54, 1.807) is 30.3 Å². The first-order chi connectivity index (χ1) is 14.9. The third-order valence-corrected chi connectivity index (χ3v) is 5.16. The smallest absolute Gasteiger partial charge is 0.161 e. The van der Waals surface area contributed by atoms with E-state index in [0.717, 1.165) is 21.9 Å². The molecular formula is C25H28O6. The summed E-state index contributed by atoms with van der Waals surface area (Å²) >= 11 is 0. The summed E-state index contributed by atoms with van der Waals surface area (Å²) in [6.07, 6.45) is 1.03. The van der Waals surface area contributed by atoms with Crippen molar-refractivity contribution in [3.8, 4) is 17.2 Å². The van der Waals surface area contributed by atoms with Gasteiger partial charge in [0.1, 0.15) is 18.1 Å². The molecule has 0 spiro atoms. The van der Waals surface area contributed by atoms with Gasteiger partial charge < -0.3 is 25.2 Å². The van der Waals surface area contributed by atoms with Gasteiger partial charge in [0.25, 0.3) is 0 Å². The number of aliphatic hydroxyl groups is 2. The number of rotatable bonds is 11. The van der Waals surface area contributed by atoms with Crippen molar-refractivity contribution < 1.29 is 30.0 Å². The first-order valence-electron chi connectivity index (χ1n) is 10.4. The second-order valence-electron chi connectivity index (χ2n) is 7.72. The SMILES string of the molecule is O=C(CCc1ccc(O)c(OCc2ccc3cc(O)ccc3c2)c1)CC(O)CCCO. The maximum atomic E-state index is 12.1. The quantitative estimate of drug-likeness (QED) is 0.372. The molecule has 4 N–H and O–H groups in total. The van der Waals surface area contributed by atoms with Gasteiger partial charge in [-0.2, -0.15) is 0 Å². The highest BCUT2D eigenvalue weighted by molar-refractivity contribution is 5.84. The van der Waals surface area contributed by atoms with Gasteiger partial charge in [-0.25, -0.2) is 0 Å². The minimum Gasteiger partial charge on any atom is -0.508 e. The second kappa shape index (κ2) is 10.8. The van der Waals surface area contributed by atoms with Crippen LogP contribution in [0.3, 0.4) is 0 Å². The Bertz CT molecular complexity index is 1030. The van der Waals surface area contributed by atoms with Crippen molar-refractivity contribution in [1.82, 2.24) is 0 Å². The van der Waals surface area contributed by atoms with Crippen LogP contribution in [0.25, 0.3) is 10.8 Å². The van der Waals surface area contributed by atoms with Crippen LogP contribution >= 0.6 is 0 Å². The van der Waals surface area contributed by atoms with Gasteiger partial charge in [0.2, 0.25) is 0 Å². The lowest BCUT2D eigenvalue weighted by atomic mass is 10.0. The molecule has 3 aromatic rings. The fourth-order valence-electron chi connectivity index (χ4n) is 3.44. The number of aliphatic hydroxyl groups excluding tert-OH is 2. The van der Waals surface area contributed by atoms with Crippen LogP contribution in [0.4, 0.5) is 0 Å². The van der Waals surface area contributed by atoms with Crippen molar-refractivity contribution in [1.29, 1.82) is 0 Å². The summed E-state index contributed by atoms with van der Waals surface area (Å²) in [5, 5.41) is 40.2. The molecule has 6 nitrogen and oxygen atoms in total. The normalized spacial score (nSPS) is 12.1. The molecule has 1 atom stereocenters. The number of carbonyl (C=O) groups excluding carboxylic acids is 1. The summed E-state index contributed by atoms with van der Waals surface area (Å²) in [4.78, 5) is 12.1. The topological polar surface area (TPSA) is 107 Å². The van der Waals surface area contributed by atoms with Crippen molar-refractivity contribution >= 4 is 16.6 Å². The van der Waals surface area contributed by atoms with Crippen LogP contribution in [0.5, 0.6) is 17.2 Å². The lowest BCUT2D eigenvalue weighted by molar-refractivity contribution is -0.121. The monoisotopic (exact) mass is 424 g/mol. The van der Waals surface area contributed by atoms with E-state index in [1.165, 1.54) is 0 Å². The van der Waals surface area contributed by atoms with Crippen LogP contribution in [-0.2, 0) is 17.8 Å². The van der Waals surface area contributed by atoms with Gasteiger partial charge in [0, 0.05) is 19.4 Å². The number of benzene rings is 3. The van der Waals surface area contributed by atoms with E-state index in [0.29, 0.717) is 25.0 Å². The van der Waals surface area contributed by atoms with E-state index in [9.17, 15) is 20.1 Å². The minimum atomic E-state index is -0.718. The highest BCUT2D eigenvalue weighted by atomic mass is 16.5. The first-order valence-corrected chi connectivity index (χ1v) is 10.4. The first kappa shape index (κ1) is 22.6. The molecule has 0 radical (unpaired) electrons. The number of phenolic OH excluding ortho intramolecular Hbond substituents is 2. The van der Waals surface area contributed by atoms with Crippen LogP contribution in [0.15, 0.2) is 54.6 Å². The van der Waals surface area contributed by atoms with Crippen LogP contribution in [0.2, 0.25) is 0 Å². The summed E-state index contributed by atoms with van der Waals surface area (Å²) in [5.41, 5.74) is 1.79. The zero-order chi connectivity index (χ0) is 22.2. The molecule has 0 bridgehead atoms. The molecule has 0 aliphatic heterocycles. The lowest BCUT2D eigenvalue weighted by Crippen LogP contribution is -2.14. The van der Waals surface area contributed by atoms with E-state index in [2.05, 4.69) is 0 Å². The van der Waals surface area contributed by atoms with Gasteiger partial charge in [0.15, 0.2) is 11.5 Å². The maximum Gasteiger partial charge on any atom is 0.161 e. The molecule has 0 saturated carbocycles. The molecule has 3 aromatic carbocycles. The van der Waals surface area contributed by atoms with Crippen molar-refractivity contribution in [2.45, 2.75) is 44.8 Å². The highest BCUT2D eigenvalue weighted by Crippen LogP contribution is 2.29. The minimum absolute atomic E-state index is 0.00430. The van der Waals surface area contributed by atoms with Gasteiger partial charge in [-0.3, -0.25) is 4.79 Å². The second-order valence-corrected chi connectivity index (χ2v) is 7.72. The molecule has 3 rings (SSSR count). The molecule has 6 heteroatoms. The zero-order valence-corrected chi connectivity index (χ0v) is 17.3. The maximum absolute atomic E-state index is 12.1. The van der Waals surface area contributed by atoms with Gasteiger partial charge in [-0.05, 0) is 71.5 Å². The Hall–Kier alpha value is -3.09. The predicted octanol–water partition coefficient (Wildman–Crippen LogP) is 3.86. The van der Waals surface area contributed by atoms with Crippen molar-refractivity contribution in [3.63, 3.8) is 0 Å². The molecule has 164 valence electrons. The number of aromatic hydroxyl groups is 2. The largest absolute Gasteiger partial charge is 0.508 e. The summed E-state index contributed by atoms with van der Waals surface area (Å²) in [7, 11) is 0. The number of hydrogen-bond acceptors (Lipinski definition) is 6. The summed E-state index contributed by atoms with van der Waals surface area (Å²) in [6, 6.07) is 16.0. The van der Waals surface area contributed by atoms with E-state index >= 15 is 0 Å². The van der Waals surface area contributed by atoms with E-state index in [1.807, 2.05) is 24.3 Å². The highest BCUT2D eigenvalue weighted by Gasteiger charge is 2.12. The van der Waals surface area contributed by atoms with Gasteiger partial charge in [0.05, 0.1) is 6.10 Å². The number of ketones is 1. The number of fused-ring (bicyclic) bond motifs is 1. The Morgan fingerprint density at radius 1 is 0.935 bits per heavy atom. The molecule has 0 amide bonds. The molecule has 1 unspecified atom stereocenters. The Kier molecular flexibility index (Phi) is 7.87. The molecule has 0 aliphatic carbocycles. The average Bonchev–Trinajstić information content (AvgIpc) is 2.76. The van der Waals surface area contributed by atoms with Crippen molar-refractivity contribution in [2.24, 2.45) is 0 Å². The number of hydrogen-bond donors (Lipinski definition) is 4. The third kappa shape index (κ3) is 6.70. The average molecular weight is 424 g/mol. The summed E-state index contributed by atoms with van der Waals surface area (Å²) < 4.78 is 5.80. The number of phenols is 2. The van der Waals surface area contributed by atoms with Crippen LogP contribution in [-0.4, -0.2) is 38.9 Å². The number of ether oxygens (including phenoxy) is 1. The molecular weight excluding hydrogens is 396 g/mol. The number of aryl methyl sites for hydroxylation is 1. The third-order valence-electron chi connectivity index (χ3n) is 5.16. The van der Waals surface area contributed by atoms with Crippen LogP contribution < -0.4 is 4.74 Å². The van der Waals surface area contributed by atoms with Crippen LogP contribution in [0.1, 0.15) is 36.8 Å². The predicted molar refractivity (Wildman–Crippen MR) is 118 cm³/mol. The van der Waals surface area contributed by atoms with Gasteiger partial charge in [-0.1, -0.05) is 24.3 Å².